The maximum absolute atomic E-state index is 11.9. The molecule has 5 nitrogen and oxygen atoms in total. The van der Waals surface area contributed by atoms with Gasteiger partial charge in [-0.3, -0.25) is 9.78 Å². The summed E-state index contributed by atoms with van der Waals surface area (Å²) in [7, 11) is 0. The molecule has 0 aliphatic carbocycles. The van der Waals surface area contributed by atoms with Crippen LogP contribution in [0.3, 0.4) is 0 Å². The lowest BCUT2D eigenvalue weighted by molar-refractivity contribution is 0.602. The zero-order chi connectivity index (χ0) is 12.5. The summed E-state index contributed by atoms with van der Waals surface area (Å²) in [5.74, 6) is 0.412. The molecule has 0 fully saturated rings. The van der Waals surface area contributed by atoms with E-state index in [-0.39, 0.29) is 16.5 Å². The maximum atomic E-state index is 11.9. The minimum atomic E-state index is -0.545. The average molecular weight is 240 g/mol. The summed E-state index contributed by atoms with van der Waals surface area (Å²) in [6.45, 7) is 0. The molecular weight excluding hydrogens is 232 g/mol. The van der Waals surface area contributed by atoms with E-state index < -0.39 is 5.69 Å². The Bertz CT molecular complexity index is 819. The normalized spacial score (nSPS) is 10.7. The molecule has 0 spiro atoms. The highest BCUT2D eigenvalue weighted by molar-refractivity contribution is 5.73. The predicted molar refractivity (Wildman–Crippen MR) is 66.3 cm³/mol. The second-order valence-electron chi connectivity index (χ2n) is 3.77. The van der Waals surface area contributed by atoms with Crippen LogP contribution in [0.15, 0.2) is 56.6 Å². The number of aromatic amines is 1. The van der Waals surface area contributed by atoms with Crippen LogP contribution in [0.4, 0.5) is 0 Å². The molecule has 88 valence electrons. The van der Waals surface area contributed by atoms with Gasteiger partial charge in [-0.2, -0.15) is 0 Å². The van der Waals surface area contributed by atoms with Crippen LogP contribution in [0.5, 0.6) is 0 Å². The van der Waals surface area contributed by atoms with Crippen molar-refractivity contribution in [3.8, 4) is 11.3 Å². The molecule has 2 heterocycles. The average Bonchev–Trinajstić information content (AvgIpc) is 2.39. The molecule has 0 atom stereocenters. The highest BCUT2D eigenvalue weighted by Gasteiger charge is 2.07. The van der Waals surface area contributed by atoms with Crippen molar-refractivity contribution >= 4 is 11.1 Å². The van der Waals surface area contributed by atoms with Crippen molar-refractivity contribution in [3.63, 3.8) is 0 Å². The number of hydrogen-bond donors (Lipinski definition) is 1. The fraction of sp³-hybridized carbons (Fsp3) is 0. The van der Waals surface area contributed by atoms with Gasteiger partial charge in [-0.1, -0.05) is 30.3 Å². The number of nitrogens with zero attached hydrogens (tertiary/aromatic N) is 1. The van der Waals surface area contributed by atoms with Gasteiger partial charge in [-0.25, -0.2) is 9.78 Å². The molecular formula is C13H8N2O3. The first-order valence-electron chi connectivity index (χ1n) is 5.33. The molecule has 2 aromatic heterocycles. The van der Waals surface area contributed by atoms with Gasteiger partial charge in [0, 0.05) is 17.8 Å². The van der Waals surface area contributed by atoms with Gasteiger partial charge in [0.05, 0.1) is 0 Å². The van der Waals surface area contributed by atoms with E-state index in [1.807, 2.05) is 30.3 Å². The zero-order valence-electron chi connectivity index (χ0n) is 9.21. The maximum Gasteiger partial charge on any atom is 0.347 e. The van der Waals surface area contributed by atoms with Crippen LogP contribution in [-0.4, -0.2) is 9.97 Å². The summed E-state index contributed by atoms with van der Waals surface area (Å²) in [6.07, 6.45) is 1.22. The van der Waals surface area contributed by atoms with E-state index in [0.29, 0.717) is 5.76 Å². The molecule has 0 bridgehead atoms. The van der Waals surface area contributed by atoms with E-state index in [1.165, 1.54) is 12.3 Å². The molecule has 0 saturated heterocycles. The first-order valence-corrected chi connectivity index (χ1v) is 5.33. The number of rotatable bonds is 1. The zero-order valence-corrected chi connectivity index (χ0v) is 9.21. The monoisotopic (exact) mass is 240 g/mol. The first-order chi connectivity index (χ1) is 8.74. The lowest BCUT2D eigenvalue weighted by atomic mass is 10.1. The van der Waals surface area contributed by atoms with Crippen molar-refractivity contribution in [1.29, 1.82) is 0 Å². The molecule has 0 amide bonds. The first kappa shape index (κ1) is 10.5. The van der Waals surface area contributed by atoms with Crippen LogP contribution in [0.2, 0.25) is 0 Å². The quantitative estimate of drug-likeness (QED) is 0.700. The molecule has 3 rings (SSSR count). The van der Waals surface area contributed by atoms with Crippen LogP contribution in [0.1, 0.15) is 0 Å². The van der Waals surface area contributed by atoms with Gasteiger partial charge in [-0.15, -0.1) is 0 Å². The summed E-state index contributed by atoms with van der Waals surface area (Å²) in [6, 6.07) is 10.6. The van der Waals surface area contributed by atoms with E-state index in [0.717, 1.165) is 5.56 Å². The van der Waals surface area contributed by atoms with Gasteiger partial charge < -0.3 is 4.42 Å². The molecule has 0 unspecified atom stereocenters. The Kier molecular flexibility index (Phi) is 2.30. The SMILES string of the molecule is O=c1ncc2c(=O)cc(-c3ccccc3)oc2[nH]1. The molecule has 0 saturated carbocycles. The Morgan fingerprint density at radius 1 is 1.11 bits per heavy atom. The van der Waals surface area contributed by atoms with Crippen molar-refractivity contribution < 1.29 is 4.42 Å². The largest absolute Gasteiger partial charge is 0.439 e. The van der Waals surface area contributed by atoms with Crippen molar-refractivity contribution in [2.24, 2.45) is 0 Å². The Morgan fingerprint density at radius 3 is 2.67 bits per heavy atom. The van der Waals surface area contributed by atoms with Gasteiger partial charge in [-0.05, 0) is 0 Å². The van der Waals surface area contributed by atoms with Crippen LogP contribution in [0, 0.1) is 0 Å². The molecule has 1 N–H and O–H groups in total. The second-order valence-corrected chi connectivity index (χ2v) is 3.77. The molecule has 18 heavy (non-hydrogen) atoms. The topological polar surface area (TPSA) is 76.0 Å². The van der Waals surface area contributed by atoms with E-state index in [4.69, 9.17) is 4.42 Å². The summed E-state index contributed by atoms with van der Waals surface area (Å²) < 4.78 is 5.51. The number of H-pyrrole nitrogens is 1. The molecule has 1 aromatic carbocycles. The molecule has 0 aliphatic rings. The number of hydrogen-bond acceptors (Lipinski definition) is 4. The van der Waals surface area contributed by atoms with E-state index in [2.05, 4.69) is 9.97 Å². The van der Waals surface area contributed by atoms with Gasteiger partial charge >= 0.3 is 5.69 Å². The van der Waals surface area contributed by atoms with Crippen molar-refractivity contribution in [2.45, 2.75) is 0 Å². The number of aromatic nitrogens is 2. The molecule has 0 aliphatic heterocycles. The van der Waals surface area contributed by atoms with Gasteiger partial charge in [0.2, 0.25) is 5.71 Å². The Balaban J connectivity index is 2.34. The van der Waals surface area contributed by atoms with Crippen LogP contribution in [0.25, 0.3) is 22.4 Å². The summed E-state index contributed by atoms with van der Waals surface area (Å²) in [5, 5.41) is 0.259. The van der Waals surface area contributed by atoms with Crippen molar-refractivity contribution in [1.82, 2.24) is 9.97 Å². The number of benzene rings is 1. The third-order valence-corrected chi connectivity index (χ3v) is 2.57. The smallest absolute Gasteiger partial charge is 0.347 e. The third-order valence-electron chi connectivity index (χ3n) is 2.57. The van der Waals surface area contributed by atoms with Crippen LogP contribution < -0.4 is 11.1 Å². The third kappa shape index (κ3) is 1.71. The van der Waals surface area contributed by atoms with Gasteiger partial charge in [0.25, 0.3) is 0 Å². The lowest BCUT2D eigenvalue weighted by Crippen LogP contribution is -2.12. The second kappa shape index (κ2) is 3.96. The van der Waals surface area contributed by atoms with E-state index in [1.54, 1.807) is 0 Å². The van der Waals surface area contributed by atoms with Crippen molar-refractivity contribution in [2.75, 3.05) is 0 Å². The number of fused-ring (bicyclic) bond motifs is 1. The predicted octanol–water partition coefficient (Wildman–Crippen LogP) is 1.54. The Morgan fingerprint density at radius 2 is 1.89 bits per heavy atom. The van der Waals surface area contributed by atoms with Gasteiger partial charge in [0.1, 0.15) is 11.1 Å². The fourth-order valence-electron chi connectivity index (χ4n) is 1.72. The summed E-state index contributed by atoms with van der Waals surface area (Å²) in [5.41, 5.74) is 0.130. The Labute approximate surface area is 101 Å². The summed E-state index contributed by atoms with van der Waals surface area (Å²) >= 11 is 0. The van der Waals surface area contributed by atoms with Crippen LogP contribution >= 0.6 is 0 Å². The van der Waals surface area contributed by atoms with Crippen molar-refractivity contribution in [3.05, 3.63) is 63.3 Å². The number of nitrogens with one attached hydrogen (secondary N) is 1. The fourth-order valence-corrected chi connectivity index (χ4v) is 1.72. The molecule has 3 aromatic rings. The summed E-state index contributed by atoms with van der Waals surface area (Å²) in [4.78, 5) is 28.9. The van der Waals surface area contributed by atoms with Gasteiger partial charge in [0.15, 0.2) is 5.43 Å². The minimum Gasteiger partial charge on any atom is -0.439 e. The molecule has 5 heteroatoms. The highest BCUT2D eigenvalue weighted by atomic mass is 16.3. The Hall–Kier alpha value is -2.69. The minimum absolute atomic E-state index is 0.140. The van der Waals surface area contributed by atoms with E-state index in [9.17, 15) is 9.59 Å². The van der Waals surface area contributed by atoms with E-state index >= 15 is 0 Å². The molecule has 0 radical (unpaired) electrons. The standard InChI is InChI=1S/C13H8N2O3/c16-10-6-11(8-4-2-1-3-5-8)18-12-9(10)7-14-13(17)15-12/h1-7H,(H,14,15,17). The highest BCUT2D eigenvalue weighted by Crippen LogP contribution is 2.19. The lowest BCUT2D eigenvalue weighted by Gasteiger charge is -2.01. The van der Waals surface area contributed by atoms with Crippen LogP contribution in [-0.2, 0) is 0 Å².